The van der Waals surface area contributed by atoms with Crippen LogP contribution in [-0.2, 0) is 11.3 Å². The number of aromatic nitrogens is 2. The third-order valence-corrected chi connectivity index (χ3v) is 2.94. The first kappa shape index (κ1) is 12.0. The fraction of sp³-hybridized carbons (Fsp3) is 0.250. The zero-order valence-electron chi connectivity index (χ0n) is 9.53. The van der Waals surface area contributed by atoms with E-state index < -0.39 is 0 Å². The third kappa shape index (κ3) is 2.29. The van der Waals surface area contributed by atoms with Crippen LogP contribution in [0.5, 0.6) is 0 Å². The number of nitrogens with zero attached hydrogens (tertiary/aromatic N) is 2. The Kier molecular flexibility index (Phi) is 3.11. The first-order valence-corrected chi connectivity index (χ1v) is 5.93. The van der Waals surface area contributed by atoms with Gasteiger partial charge < -0.3 is 4.57 Å². The van der Waals surface area contributed by atoms with Crippen molar-refractivity contribution in [3.8, 4) is 0 Å². The van der Waals surface area contributed by atoms with Crippen LogP contribution in [0, 0.1) is 0 Å². The number of rotatable bonds is 3. The van der Waals surface area contributed by atoms with Crippen molar-refractivity contribution in [1.82, 2.24) is 9.55 Å². The van der Waals surface area contributed by atoms with Crippen LogP contribution in [0.3, 0.4) is 0 Å². The van der Waals surface area contributed by atoms with Crippen molar-refractivity contribution in [3.63, 3.8) is 0 Å². The lowest BCUT2D eigenvalue weighted by molar-refractivity contribution is -0.117. The molecule has 0 spiro atoms. The molecule has 0 unspecified atom stereocenters. The van der Waals surface area contributed by atoms with E-state index in [1.54, 1.807) is 23.0 Å². The molecule has 0 fully saturated rings. The van der Waals surface area contributed by atoms with E-state index in [1.807, 2.05) is 0 Å². The average Bonchev–Trinajstić information content (AvgIpc) is 2.55. The second-order valence-corrected chi connectivity index (χ2v) is 4.77. The molecule has 4 nitrogen and oxygen atoms in total. The normalized spacial score (nSPS) is 10.8. The quantitative estimate of drug-likeness (QED) is 0.646. The molecule has 0 amide bonds. The van der Waals surface area contributed by atoms with Crippen molar-refractivity contribution in [1.29, 1.82) is 0 Å². The van der Waals surface area contributed by atoms with Gasteiger partial charge >= 0.3 is 0 Å². The summed E-state index contributed by atoms with van der Waals surface area (Å²) < 4.78 is 2.43. The maximum Gasteiger partial charge on any atom is 0.161 e. The van der Waals surface area contributed by atoms with Crippen molar-refractivity contribution in [2.24, 2.45) is 0 Å². The van der Waals surface area contributed by atoms with Crippen molar-refractivity contribution >= 4 is 38.4 Å². The molecule has 0 bridgehead atoms. The fourth-order valence-electron chi connectivity index (χ4n) is 1.81. The molecule has 2 aromatic heterocycles. The number of halogens is 1. The predicted octanol–water partition coefficient (Wildman–Crippen LogP) is 2.59. The standard InChI is InChI=1S/C12H11BrN2O2/c1-7(16)5-15-6-10(8(2)17)9-3-12(13)14-4-11(9)15/h3-4,6H,5H2,1-2H3. The van der Waals surface area contributed by atoms with Crippen LogP contribution in [0.4, 0.5) is 0 Å². The monoisotopic (exact) mass is 294 g/mol. The van der Waals surface area contributed by atoms with Crippen LogP contribution in [-0.4, -0.2) is 21.1 Å². The molecule has 0 N–H and O–H groups in total. The topological polar surface area (TPSA) is 52.0 Å². The molecular formula is C12H11BrN2O2. The average molecular weight is 295 g/mol. The number of hydrogen-bond acceptors (Lipinski definition) is 3. The lowest BCUT2D eigenvalue weighted by atomic mass is 10.1. The van der Waals surface area contributed by atoms with Gasteiger partial charge in [0.1, 0.15) is 10.4 Å². The zero-order valence-corrected chi connectivity index (χ0v) is 11.1. The second kappa shape index (κ2) is 4.41. The molecular weight excluding hydrogens is 284 g/mol. The van der Waals surface area contributed by atoms with E-state index in [4.69, 9.17) is 0 Å². The Morgan fingerprint density at radius 2 is 2.12 bits per heavy atom. The number of Topliss-reactive ketones (excluding diaryl/α,β-unsaturated/α-hetero) is 2. The van der Waals surface area contributed by atoms with Crippen LogP contribution in [0.2, 0.25) is 0 Å². The van der Waals surface area contributed by atoms with E-state index in [2.05, 4.69) is 20.9 Å². The third-order valence-electron chi connectivity index (χ3n) is 2.51. The highest BCUT2D eigenvalue weighted by molar-refractivity contribution is 9.10. The van der Waals surface area contributed by atoms with Gasteiger partial charge in [0.2, 0.25) is 0 Å². The van der Waals surface area contributed by atoms with E-state index in [1.165, 1.54) is 13.8 Å². The van der Waals surface area contributed by atoms with Crippen LogP contribution in [0.1, 0.15) is 24.2 Å². The first-order valence-electron chi connectivity index (χ1n) is 5.14. The maximum atomic E-state index is 11.5. The summed E-state index contributed by atoms with van der Waals surface area (Å²) in [5.41, 5.74) is 1.41. The Morgan fingerprint density at radius 1 is 1.41 bits per heavy atom. The van der Waals surface area contributed by atoms with Gasteiger partial charge in [-0.25, -0.2) is 4.98 Å². The summed E-state index contributed by atoms with van der Waals surface area (Å²) >= 11 is 3.28. The van der Waals surface area contributed by atoms with E-state index in [9.17, 15) is 9.59 Å². The molecule has 2 heterocycles. The van der Waals surface area contributed by atoms with Crippen molar-refractivity contribution in [2.45, 2.75) is 20.4 Å². The van der Waals surface area contributed by atoms with Gasteiger partial charge in [-0.2, -0.15) is 0 Å². The molecule has 0 saturated heterocycles. The fourth-order valence-corrected chi connectivity index (χ4v) is 2.14. The summed E-state index contributed by atoms with van der Waals surface area (Å²) in [4.78, 5) is 26.8. The number of hydrogen-bond donors (Lipinski definition) is 0. The highest BCUT2D eigenvalue weighted by Gasteiger charge is 2.13. The van der Waals surface area contributed by atoms with E-state index in [0.717, 1.165) is 10.9 Å². The molecule has 0 aliphatic heterocycles. The maximum absolute atomic E-state index is 11.5. The number of pyridine rings is 1. The molecule has 0 atom stereocenters. The summed E-state index contributed by atoms with van der Waals surface area (Å²) in [5.74, 6) is 0.0234. The van der Waals surface area contributed by atoms with E-state index >= 15 is 0 Å². The molecule has 5 heteroatoms. The van der Waals surface area contributed by atoms with Crippen LogP contribution < -0.4 is 0 Å². The lowest BCUT2D eigenvalue weighted by Crippen LogP contribution is -2.04. The molecule has 2 aromatic rings. The zero-order chi connectivity index (χ0) is 12.6. The van der Waals surface area contributed by atoms with E-state index in [0.29, 0.717) is 10.2 Å². The molecule has 17 heavy (non-hydrogen) atoms. The van der Waals surface area contributed by atoms with Crippen LogP contribution >= 0.6 is 15.9 Å². The molecule has 0 aromatic carbocycles. The molecule has 0 aliphatic carbocycles. The molecule has 88 valence electrons. The predicted molar refractivity (Wildman–Crippen MR) is 68.1 cm³/mol. The summed E-state index contributed by atoms with van der Waals surface area (Å²) in [7, 11) is 0. The Labute approximate surface area is 107 Å². The van der Waals surface area contributed by atoms with Crippen molar-refractivity contribution in [3.05, 3.63) is 28.6 Å². The van der Waals surface area contributed by atoms with Gasteiger partial charge in [0.15, 0.2) is 5.78 Å². The molecule has 2 rings (SSSR count). The lowest BCUT2D eigenvalue weighted by Gasteiger charge is -2.00. The Balaban J connectivity index is 2.70. The summed E-state index contributed by atoms with van der Waals surface area (Å²) in [6, 6.07) is 1.79. The van der Waals surface area contributed by atoms with Gasteiger partial charge in [0.05, 0.1) is 18.3 Å². The minimum absolute atomic E-state index is 0.0181. The van der Waals surface area contributed by atoms with Crippen LogP contribution in [0.25, 0.3) is 10.9 Å². The summed E-state index contributed by atoms with van der Waals surface area (Å²) in [6.07, 6.45) is 3.37. The van der Waals surface area contributed by atoms with Gasteiger partial charge in [-0.05, 0) is 35.8 Å². The largest absolute Gasteiger partial charge is 0.338 e. The SMILES string of the molecule is CC(=O)Cn1cc(C(C)=O)c2cc(Br)ncc21. The number of carbonyl (C=O) groups excluding carboxylic acids is 2. The number of ketones is 2. The van der Waals surface area contributed by atoms with Crippen molar-refractivity contribution in [2.75, 3.05) is 0 Å². The Hall–Kier alpha value is -1.49. The highest BCUT2D eigenvalue weighted by atomic mass is 79.9. The molecule has 0 radical (unpaired) electrons. The van der Waals surface area contributed by atoms with E-state index in [-0.39, 0.29) is 18.1 Å². The highest BCUT2D eigenvalue weighted by Crippen LogP contribution is 2.24. The molecule has 0 aliphatic rings. The summed E-state index contributed by atoms with van der Waals surface area (Å²) in [5, 5.41) is 0.820. The van der Waals surface area contributed by atoms with Gasteiger partial charge in [-0.15, -0.1) is 0 Å². The number of fused-ring (bicyclic) bond motifs is 1. The van der Waals surface area contributed by atoms with Crippen molar-refractivity contribution < 1.29 is 9.59 Å². The van der Waals surface area contributed by atoms with Gasteiger partial charge in [0.25, 0.3) is 0 Å². The second-order valence-electron chi connectivity index (χ2n) is 3.95. The minimum atomic E-state index is -0.0181. The Bertz CT molecular complexity index is 616. The molecule has 0 saturated carbocycles. The minimum Gasteiger partial charge on any atom is -0.338 e. The van der Waals surface area contributed by atoms with Gasteiger partial charge in [0, 0.05) is 17.1 Å². The van der Waals surface area contributed by atoms with Gasteiger partial charge in [-0.1, -0.05) is 0 Å². The summed E-state index contributed by atoms with van der Waals surface area (Å²) in [6.45, 7) is 3.29. The Morgan fingerprint density at radius 3 is 2.71 bits per heavy atom. The first-order chi connectivity index (χ1) is 7.99. The smallest absolute Gasteiger partial charge is 0.161 e. The number of carbonyl (C=O) groups is 2. The van der Waals surface area contributed by atoms with Gasteiger partial charge in [-0.3, -0.25) is 9.59 Å². The van der Waals surface area contributed by atoms with Crippen LogP contribution in [0.15, 0.2) is 23.1 Å².